The third-order valence-electron chi connectivity index (χ3n) is 8.99. The van der Waals surface area contributed by atoms with E-state index >= 15 is 0 Å². The number of methoxy groups -OCH3 is 1. The Balaban J connectivity index is 1.09. The molecule has 172 valence electrons. The molecule has 2 aliphatic carbocycles. The highest BCUT2D eigenvalue weighted by Crippen LogP contribution is 2.62. The van der Waals surface area contributed by atoms with Gasteiger partial charge in [-0.15, -0.1) is 0 Å². The van der Waals surface area contributed by atoms with Gasteiger partial charge in [-0.25, -0.2) is 0 Å². The molecule has 1 aromatic heterocycles. The number of carbonyl (C=O) groups is 1. The normalized spacial score (nSPS) is 37.9. The van der Waals surface area contributed by atoms with Gasteiger partial charge in [0.25, 0.3) is 0 Å². The van der Waals surface area contributed by atoms with Crippen molar-refractivity contribution >= 4 is 16.9 Å². The number of fused-ring (bicyclic) bond motifs is 4. The molecular weight excluding hydrogens is 404 g/mol. The van der Waals surface area contributed by atoms with E-state index in [4.69, 9.17) is 14.2 Å². The van der Waals surface area contributed by atoms with Crippen LogP contribution in [0.3, 0.4) is 0 Å². The molecule has 1 spiro atoms. The van der Waals surface area contributed by atoms with Crippen molar-refractivity contribution in [2.45, 2.75) is 57.2 Å². The summed E-state index contributed by atoms with van der Waals surface area (Å²) in [7, 11) is 1.70. The third kappa shape index (κ3) is 3.26. The van der Waals surface area contributed by atoms with Crippen molar-refractivity contribution in [2.24, 2.45) is 23.2 Å². The van der Waals surface area contributed by atoms with E-state index in [1.165, 1.54) is 30.2 Å². The Morgan fingerprint density at radius 3 is 3.00 bits per heavy atom. The average molecular weight is 439 g/mol. The zero-order valence-electron chi connectivity index (χ0n) is 19.1. The Hall–Kier alpha value is -2.05. The highest BCUT2D eigenvalue weighted by atomic mass is 16.6. The maximum absolute atomic E-state index is 12.8. The number of aromatic amines is 1. The first-order valence-corrected chi connectivity index (χ1v) is 12.2. The smallest absolute Gasteiger partial charge is 0.310 e. The number of ether oxygens (including phenoxy) is 3. The predicted octanol–water partition coefficient (Wildman–Crippen LogP) is 3.84. The van der Waals surface area contributed by atoms with E-state index in [0.29, 0.717) is 18.4 Å². The fraction of sp³-hybridized carbons (Fsp3) is 0.654. The van der Waals surface area contributed by atoms with Gasteiger partial charge >= 0.3 is 5.97 Å². The van der Waals surface area contributed by atoms with Gasteiger partial charge in [0.05, 0.1) is 25.2 Å². The summed E-state index contributed by atoms with van der Waals surface area (Å²) in [4.78, 5) is 16.1. The molecule has 2 saturated heterocycles. The van der Waals surface area contributed by atoms with Crippen LogP contribution in [0.25, 0.3) is 10.9 Å². The number of hydrogen-bond donors (Lipinski definition) is 2. The zero-order valence-corrected chi connectivity index (χ0v) is 19.1. The van der Waals surface area contributed by atoms with Gasteiger partial charge in [0.15, 0.2) is 0 Å². The SMILES string of the molecule is COc1ccc2[nH]cc(CCNCC3C(=O)O[C@@H]4C[C@@]5(C)CCC[C@]6(CO6)C5C[C@H]34)c2c1. The highest BCUT2D eigenvalue weighted by Gasteiger charge is 2.64. The summed E-state index contributed by atoms with van der Waals surface area (Å²) in [6, 6.07) is 6.11. The van der Waals surface area contributed by atoms with Gasteiger partial charge in [0, 0.05) is 29.6 Å². The standard InChI is InChI=1S/C26H34N2O4/c1-25-7-3-8-26(15-31-26)23(25)11-19-20(24(29)32-22(19)12-25)14-27-9-6-16-13-28-21-5-4-17(30-2)10-18(16)21/h4-5,10,13,19-20,22-23,27-28H,3,6-9,11-12,14-15H2,1-2H3/t19-,20?,22-,23?,25-,26+/m1/s1. The topological polar surface area (TPSA) is 75.9 Å². The fourth-order valence-electron chi connectivity index (χ4n) is 7.16. The Labute approximate surface area is 189 Å². The summed E-state index contributed by atoms with van der Waals surface area (Å²) in [6.07, 6.45) is 8.81. The molecule has 32 heavy (non-hydrogen) atoms. The summed E-state index contributed by atoms with van der Waals surface area (Å²) in [5.74, 6) is 1.73. The van der Waals surface area contributed by atoms with Gasteiger partial charge in [-0.2, -0.15) is 0 Å². The van der Waals surface area contributed by atoms with Crippen LogP contribution in [0.5, 0.6) is 5.75 Å². The molecule has 0 bridgehead atoms. The number of hydrogen-bond acceptors (Lipinski definition) is 5. The minimum absolute atomic E-state index is 0.00246. The van der Waals surface area contributed by atoms with Crippen molar-refractivity contribution in [1.82, 2.24) is 10.3 Å². The van der Waals surface area contributed by atoms with Gasteiger partial charge in [-0.3, -0.25) is 4.79 Å². The Bertz CT molecular complexity index is 1030. The Morgan fingerprint density at radius 1 is 1.31 bits per heavy atom. The molecule has 2 N–H and O–H groups in total. The van der Waals surface area contributed by atoms with Gasteiger partial charge < -0.3 is 24.5 Å². The van der Waals surface area contributed by atoms with Crippen LogP contribution >= 0.6 is 0 Å². The molecule has 4 fully saturated rings. The molecule has 6 atom stereocenters. The second-order valence-electron chi connectivity index (χ2n) is 10.8. The molecule has 1 aromatic carbocycles. The molecular formula is C26H34N2O4. The third-order valence-corrected chi connectivity index (χ3v) is 8.99. The highest BCUT2D eigenvalue weighted by molar-refractivity contribution is 5.84. The first kappa shape index (κ1) is 20.5. The van der Waals surface area contributed by atoms with Crippen molar-refractivity contribution in [3.8, 4) is 5.75 Å². The molecule has 6 nitrogen and oxygen atoms in total. The number of rotatable bonds is 6. The molecule has 0 amide bonds. The van der Waals surface area contributed by atoms with Crippen LogP contribution in [-0.2, 0) is 20.7 Å². The van der Waals surface area contributed by atoms with E-state index in [2.05, 4.69) is 35.6 Å². The van der Waals surface area contributed by atoms with Gasteiger partial charge in [-0.05, 0) is 80.2 Å². The lowest BCUT2D eigenvalue weighted by atomic mass is 9.53. The van der Waals surface area contributed by atoms with Crippen molar-refractivity contribution in [3.05, 3.63) is 30.0 Å². The van der Waals surface area contributed by atoms with E-state index in [-0.39, 0.29) is 29.0 Å². The molecule has 0 radical (unpaired) electrons. The lowest BCUT2D eigenvalue weighted by molar-refractivity contribution is -0.147. The molecule has 4 aliphatic rings. The summed E-state index contributed by atoms with van der Waals surface area (Å²) in [5.41, 5.74) is 2.76. The van der Waals surface area contributed by atoms with E-state index in [1.807, 2.05) is 6.07 Å². The maximum Gasteiger partial charge on any atom is 0.310 e. The maximum atomic E-state index is 12.8. The van der Waals surface area contributed by atoms with E-state index in [0.717, 1.165) is 43.7 Å². The summed E-state index contributed by atoms with van der Waals surface area (Å²) in [5, 5.41) is 4.76. The zero-order chi connectivity index (χ0) is 21.9. The number of benzene rings is 1. The number of nitrogens with one attached hydrogen (secondary N) is 2. The summed E-state index contributed by atoms with van der Waals surface area (Å²) in [6.45, 7) is 4.85. The molecule has 6 heteroatoms. The lowest BCUT2D eigenvalue weighted by Gasteiger charge is -2.51. The molecule has 2 saturated carbocycles. The second-order valence-corrected chi connectivity index (χ2v) is 10.8. The van der Waals surface area contributed by atoms with Crippen molar-refractivity contribution in [3.63, 3.8) is 0 Å². The van der Waals surface area contributed by atoms with E-state index < -0.39 is 0 Å². The predicted molar refractivity (Wildman–Crippen MR) is 122 cm³/mol. The van der Waals surface area contributed by atoms with Gasteiger partial charge in [0.1, 0.15) is 11.9 Å². The summed E-state index contributed by atoms with van der Waals surface area (Å²) >= 11 is 0. The van der Waals surface area contributed by atoms with E-state index in [1.54, 1.807) is 7.11 Å². The molecule has 2 aromatic rings. The molecule has 3 heterocycles. The Morgan fingerprint density at radius 2 is 2.19 bits per heavy atom. The molecule has 6 rings (SSSR count). The molecule has 2 unspecified atom stereocenters. The lowest BCUT2D eigenvalue weighted by Crippen LogP contribution is -2.51. The Kier molecular flexibility index (Phi) is 4.81. The van der Waals surface area contributed by atoms with Crippen LogP contribution in [0.15, 0.2) is 24.4 Å². The average Bonchev–Trinajstić information content (AvgIpc) is 3.33. The monoisotopic (exact) mass is 438 g/mol. The van der Waals surface area contributed by atoms with E-state index in [9.17, 15) is 4.79 Å². The largest absolute Gasteiger partial charge is 0.497 e. The minimum Gasteiger partial charge on any atom is -0.497 e. The second kappa shape index (κ2) is 7.49. The van der Waals surface area contributed by atoms with Crippen molar-refractivity contribution in [2.75, 3.05) is 26.8 Å². The fourth-order valence-corrected chi connectivity index (χ4v) is 7.16. The van der Waals surface area contributed by atoms with Crippen molar-refractivity contribution < 1.29 is 19.0 Å². The van der Waals surface area contributed by atoms with Crippen LogP contribution < -0.4 is 10.1 Å². The quantitative estimate of drug-likeness (QED) is 0.407. The number of carbonyl (C=O) groups excluding carboxylic acids is 1. The van der Waals surface area contributed by atoms with Crippen LogP contribution in [0, 0.1) is 23.2 Å². The van der Waals surface area contributed by atoms with Crippen LogP contribution in [0.2, 0.25) is 0 Å². The first-order chi connectivity index (χ1) is 15.5. The molecule has 2 aliphatic heterocycles. The van der Waals surface area contributed by atoms with Crippen LogP contribution in [0.4, 0.5) is 0 Å². The number of esters is 1. The number of aromatic nitrogens is 1. The number of epoxide rings is 1. The minimum atomic E-state index is -0.0367. The van der Waals surface area contributed by atoms with Crippen LogP contribution in [0.1, 0.15) is 44.6 Å². The van der Waals surface area contributed by atoms with Crippen LogP contribution in [-0.4, -0.2) is 49.5 Å². The van der Waals surface area contributed by atoms with Gasteiger partial charge in [-0.1, -0.05) is 6.92 Å². The number of H-pyrrole nitrogens is 1. The first-order valence-electron chi connectivity index (χ1n) is 12.2. The van der Waals surface area contributed by atoms with Gasteiger partial charge in [0.2, 0.25) is 0 Å². The summed E-state index contributed by atoms with van der Waals surface area (Å²) < 4.78 is 17.3. The van der Waals surface area contributed by atoms with Crippen molar-refractivity contribution in [1.29, 1.82) is 0 Å².